The summed E-state index contributed by atoms with van der Waals surface area (Å²) in [6, 6.07) is 0. The van der Waals surface area contributed by atoms with Gasteiger partial charge in [0.15, 0.2) is 0 Å². The molecule has 3 fully saturated rings. The summed E-state index contributed by atoms with van der Waals surface area (Å²) in [6.45, 7) is 0. The number of alkyl halides is 1. The fourth-order valence-corrected chi connectivity index (χ4v) is 3.57. The van der Waals surface area contributed by atoms with E-state index in [1.165, 1.54) is 6.42 Å². The molecule has 2 bridgehead atoms. The van der Waals surface area contributed by atoms with Crippen molar-refractivity contribution in [2.24, 2.45) is 11.8 Å². The highest BCUT2D eigenvalue weighted by Crippen LogP contribution is 2.57. The number of carbonyl (C=O) groups excluding carboxylic acids is 1. The number of hydrogen-bond acceptors (Lipinski definition) is 2. The Morgan fingerprint density at radius 2 is 2.33 bits per heavy atom. The molecular formula is C9H11ClO2. The molecule has 3 heteroatoms. The smallest absolute Gasteiger partial charge is 0.327 e. The second-order valence-electron chi connectivity index (χ2n) is 4.30. The molecule has 3 rings (SSSR count). The zero-order valence-electron chi connectivity index (χ0n) is 6.75. The summed E-state index contributed by atoms with van der Waals surface area (Å²) in [5.41, 5.74) is 0. The first kappa shape index (κ1) is 7.19. The lowest BCUT2D eigenvalue weighted by molar-refractivity contribution is -0.145. The molecular weight excluding hydrogens is 176 g/mol. The van der Waals surface area contributed by atoms with Gasteiger partial charge in [0.25, 0.3) is 0 Å². The molecule has 2 aliphatic carbocycles. The molecule has 0 aromatic rings. The zero-order chi connectivity index (χ0) is 8.34. The van der Waals surface area contributed by atoms with Crippen molar-refractivity contribution in [1.82, 2.24) is 0 Å². The van der Waals surface area contributed by atoms with Crippen molar-refractivity contribution in [2.45, 2.75) is 36.7 Å². The molecule has 2 nitrogen and oxygen atoms in total. The van der Waals surface area contributed by atoms with Crippen LogP contribution in [0.2, 0.25) is 0 Å². The highest BCUT2D eigenvalue weighted by Gasteiger charge is 2.63. The van der Waals surface area contributed by atoms with Gasteiger partial charge in [0.1, 0.15) is 11.0 Å². The van der Waals surface area contributed by atoms with Crippen LogP contribution in [0.15, 0.2) is 0 Å². The summed E-state index contributed by atoms with van der Waals surface area (Å²) in [5, 5.41) is 0. The van der Waals surface area contributed by atoms with E-state index in [4.69, 9.17) is 16.3 Å². The quantitative estimate of drug-likeness (QED) is 0.425. The summed E-state index contributed by atoms with van der Waals surface area (Å²) in [4.78, 5) is 10.8. The van der Waals surface area contributed by atoms with Crippen LogP contribution in [0.3, 0.4) is 0 Å². The third-order valence-electron chi connectivity index (χ3n) is 3.67. The van der Waals surface area contributed by atoms with E-state index in [1.807, 2.05) is 0 Å². The number of fused-ring (bicyclic) bond motifs is 1. The standard InChI is InChI=1S/C9H11ClO2/c10-9-4-5-1-2-7(6(9)3-5)12-8(9)11/h5-7H,1-4H2. The van der Waals surface area contributed by atoms with Gasteiger partial charge in [0.2, 0.25) is 0 Å². The van der Waals surface area contributed by atoms with Crippen molar-refractivity contribution < 1.29 is 9.53 Å². The maximum atomic E-state index is 11.4. The summed E-state index contributed by atoms with van der Waals surface area (Å²) in [6.07, 6.45) is 4.35. The van der Waals surface area contributed by atoms with Crippen LogP contribution in [0.4, 0.5) is 0 Å². The molecule has 0 amide bonds. The molecule has 3 aliphatic rings. The van der Waals surface area contributed by atoms with E-state index in [1.54, 1.807) is 0 Å². The van der Waals surface area contributed by atoms with Crippen molar-refractivity contribution in [3.8, 4) is 0 Å². The van der Waals surface area contributed by atoms with Gasteiger partial charge < -0.3 is 4.74 Å². The Labute approximate surface area is 76.2 Å². The SMILES string of the molecule is O=C1OC2CCC3CC2C1(Cl)C3. The minimum absolute atomic E-state index is 0.147. The molecule has 4 atom stereocenters. The minimum Gasteiger partial charge on any atom is -0.461 e. The van der Waals surface area contributed by atoms with Crippen LogP contribution in [0.25, 0.3) is 0 Å². The molecule has 0 spiro atoms. The summed E-state index contributed by atoms with van der Waals surface area (Å²) in [5.74, 6) is 0.864. The molecule has 2 saturated carbocycles. The van der Waals surface area contributed by atoms with Crippen molar-refractivity contribution in [2.75, 3.05) is 0 Å². The van der Waals surface area contributed by atoms with Crippen LogP contribution in [0.5, 0.6) is 0 Å². The van der Waals surface area contributed by atoms with Crippen LogP contribution < -0.4 is 0 Å². The Bertz CT molecular complexity index is 253. The number of carbonyl (C=O) groups is 1. The van der Waals surface area contributed by atoms with E-state index in [0.717, 1.165) is 19.3 Å². The second kappa shape index (κ2) is 1.98. The minimum atomic E-state index is -0.619. The molecule has 66 valence electrons. The zero-order valence-corrected chi connectivity index (χ0v) is 7.51. The average molecular weight is 187 g/mol. The van der Waals surface area contributed by atoms with Gasteiger partial charge in [0.05, 0.1) is 0 Å². The average Bonchev–Trinajstić information content (AvgIpc) is 2.42. The molecule has 0 aromatic carbocycles. The third-order valence-corrected chi connectivity index (χ3v) is 4.26. The van der Waals surface area contributed by atoms with Crippen molar-refractivity contribution in [3.05, 3.63) is 0 Å². The van der Waals surface area contributed by atoms with Gasteiger partial charge >= 0.3 is 5.97 Å². The largest absolute Gasteiger partial charge is 0.461 e. The van der Waals surface area contributed by atoms with E-state index in [-0.39, 0.29) is 12.1 Å². The highest BCUT2D eigenvalue weighted by molar-refractivity contribution is 6.35. The molecule has 12 heavy (non-hydrogen) atoms. The van der Waals surface area contributed by atoms with Crippen molar-refractivity contribution >= 4 is 17.6 Å². The number of rotatable bonds is 0. The summed E-state index contributed by atoms with van der Waals surface area (Å²) < 4.78 is 5.25. The monoisotopic (exact) mass is 186 g/mol. The predicted octanol–water partition coefficient (Wildman–Crippen LogP) is 1.71. The fraction of sp³-hybridized carbons (Fsp3) is 0.889. The predicted molar refractivity (Wildman–Crippen MR) is 43.9 cm³/mol. The molecule has 1 aliphatic heterocycles. The van der Waals surface area contributed by atoms with Gasteiger partial charge in [-0.25, -0.2) is 0 Å². The lowest BCUT2D eigenvalue weighted by atomic mass is 9.86. The fourth-order valence-electron chi connectivity index (χ4n) is 3.08. The van der Waals surface area contributed by atoms with Crippen molar-refractivity contribution in [1.29, 1.82) is 0 Å². The molecule has 0 aromatic heterocycles. The highest BCUT2D eigenvalue weighted by atomic mass is 35.5. The van der Waals surface area contributed by atoms with Gasteiger partial charge in [-0.05, 0) is 31.6 Å². The molecule has 0 radical (unpaired) electrons. The van der Waals surface area contributed by atoms with Gasteiger partial charge in [-0.2, -0.15) is 0 Å². The van der Waals surface area contributed by atoms with Crippen LogP contribution in [0, 0.1) is 11.8 Å². The summed E-state index contributed by atoms with van der Waals surface area (Å²) >= 11 is 6.27. The summed E-state index contributed by atoms with van der Waals surface area (Å²) in [7, 11) is 0. The first-order chi connectivity index (χ1) is 5.70. The Morgan fingerprint density at radius 3 is 3.17 bits per heavy atom. The van der Waals surface area contributed by atoms with E-state index in [2.05, 4.69) is 0 Å². The van der Waals surface area contributed by atoms with Gasteiger partial charge in [-0.15, -0.1) is 11.6 Å². The van der Waals surface area contributed by atoms with Crippen LogP contribution >= 0.6 is 11.6 Å². The molecule has 0 N–H and O–H groups in total. The van der Waals surface area contributed by atoms with Gasteiger partial charge in [-0.1, -0.05) is 0 Å². The van der Waals surface area contributed by atoms with Crippen molar-refractivity contribution in [3.63, 3.8) is 0 Å². The maximum absolute atomic E-state index is 11.4. The van der Waals surface area contributed by atoms with Crippen LogP contribution in [0.1, 0.15) is 25.7 Å². The van der Waals surface area contributed by atoms with Crippen LogP contribution in [-0.2, 0) is 9.53 Å². The van der Waals surface area contributed by atoms with E-state index < -0.39 is 4.87 Å². The Kier molecular flexibility index (Phi) is 1.19. The van der Waals surface area contributed by atoms with Gasteiger partial charge in [-0.3, -0.25) is 4.79 Å². The second-order valence-corrected chi connectivity index (χ2v) is 4.97. The molecule has 1 heterocycles. The van der Waals surface area contributed by atoms with Crippen LogP contribution in [-0.4, -0.2) is 16.9 Å². The van der Waals surface area contributed by atoms with E-state index in [0.29, 0.717) is 11.8 Å². The topological polar surface area (TPSA) is 26.3 Å². The maximum Gasteiger partial charge on any atom is 0.327 e. The molecule has 1 saturated heterocycles. The molecule has 4 unspecified atom stereocenters. The first-order valence-electron chi connectivity index (χ1n) is 4.60. The van der Waals surface area contributed by atoms with Gasteiger partial charge in [0, 0.05) is 5.92 Å². The van der Waals surface area contributed by atoms with E-state index in [9.17, 15) is 4.79 Å². The third kappa shape index (κ3) is 0.657. The number of halogens is 1. The lowest BCUT2D eigenvalue weighted by Crippen LogP contribution is -2.30. The Balaban J connectivity index is 2.06. The Hall–Kier alpha value is -0.240. The lowest BCUT2D eigenvalue weighted by Gasteiger charge is -2.23. The number of esters is 1. The Morgan fingerprint density at radius 1 is 1.50 bits per heavy atom. The first-order valence-corrected chi connectivity index (χ1v) is 4.98. The number of ether oxygens (including phenoxy) is 1. The van der Waals surface area contributed by atoms with E-state index >= 15 is 0 Å². The normalized spacial score (nSPS) is 55.8. The number of hydrogen-bond donors (Lipinski definition) is 0.